The minimum absolute atomic E-state index is 0.0466. The standard InChI is InChI=1S/C13H16N2O5/c16-12(17)4-5-13(18)20-8-7-19-11-9-10-3-1-2-6-15(10)14-11/h4-5,9H,1-3,6-8H2,(H,16,17)/b5-4-. The molecule has 0 saturated carbocycles. The molecule has 0 aliphatic carbocycles. The van der Waals surface area contributed by atoms with Gasteiger partial charge in [0.1, 0.15) is 13.2 Å². The second-order valence-electron chi connectivity index (χ2n) is 4.34. The summed E-state index contributed by atoms with van der Waals surface area (Å²) < 4.78 is 12.1. The first kappa shape index (κ1) is 14.1. The number of hydrogen-bond acceptors (Lipinski definition) is 5. The summed E-state index contributed by atoms with van der Waals surface area (Å²) in [6.07, 6.45) is 4.88. The van der Waals surface area contributed by atoms with Gasteiger partial charge in [0.2, 0.25) is 5.88 Å². The lowest BCUT2D eigenvalue weighted by Crippen LogP contribution is -2.12. The van der Waals surface area contributed by atoms with E-state index < -0.39 is 11.9 Å². The maximum absolute atomic E-state index is 11.1. The Hall–Kier alpha value is -2.31. The number of carbonyl (C=O) groups is 2. The molecule has 0 radical (unpaired) electrons. The van der Waals surface area contributed by atoms with Gasteiger partial charge < -0.3 is 14.6 Å². The smallest absolute Gasteiger partial charge is 0.331 e. The zero-order valence-electron chi connectivity index (χ0n) is 10.9. The van der Waals surface area contributed by atoms with Crippen molar-refractivity contribution in [2.75, 3.05) is 13.2 Å². The van der Waals surface area contributed by atoms with Crippen LogP contribution in [0.4, 0.5) is 0 Å². The summed E-state index contributed by atoms with van der Waals surface area (Å²) in [5.41, 5.74) is 1.16. The lowest BCUT2D eigenvalue weighted by atomic mass is 10.1. The Morgan fingerprint density at radius 2 is 2.20 bits per heavy atom. The van der Waals surface area contributed by atoms with Crippen LogP contribution in [-0.2, 0) is 27.3 Å². The molecule has 0 aromatic carbocycles. The normalized spacial score (nSPS) is 14.0. The predicted octanol–water partition coefficient (Wildman–Crippen LogP) is 0.782. The highest BCUT2D eigenvalue weighted by atomic mass is 16.6. The second kappa shape index (κ2) is 6.74. The largest absolute Gasteiger partial charge is 0.478 e. The van der Waals surface area contributed by atoms with E-state index in [1.54, 1.807) is 0 Å². The van der Waals surface area contributed by atoms with Crippen LogP contribution in [0, 0.1) is 0 Å². The number of fused-ring (bicyclic) bond motifs is 1. The molecule has 7 heteroatoms. The maximum Gasteiger partial charge on any atom is 0.331 e. The van der Waals surface area contributed by atoms with Crippen LogP contribution in [0.25, 0.3) is 0 Å². The molecule has 0 fully saturated rings. The van der Waals surface area contributed by atoms with Crippen LogP contribution in [-0.4, -0.2) is 40.0 Å². The number of rotatable bonds is 6. The highest BCUT2D eigenvalue weighted by Gasteiger charge is 2.12. The Labute approximate surface area is 115 Å². The van der Waals surface area contributed by atoms with Gasteiger partial charge in [-0.15, -0.1) is 5.10 Å². The second-order valence-corrected chi connectivity index (χ2v) is 4.34. The zero-order chi connectivity index (χ0) is 14.4. The zero-order valence-corrected chi connectivity index (χ0v) is 10.9. The number of ether oxygens (including phenoxy) is 2. The lowest BCUT2D eigenvalue weighted by molar-refractivity contribution is -0.139. The van der Waals surface area contributed by atoms with Gasteiger partial charge in [-0.3, -0.25) is 4.68 Å². The number of nitrogens with zero attached hydrogens (tertiary/aromatic N) is 2. The molecule has 0 spiro atoms. The number of carboxylic acid groups (broad SMARTS) is 1. The van der Waals surface area contributed by atoms with Crippen LogP contribution in [0.1, 0.15) is 18.5 Å². The molecule has 7 nitrogen and oxygen atoms in total. The molecule has 2 heterocycles. The molecule has 1 aliphatic heterocycles. The Morgan fingerprint density at radius 1 is 1.35 bits per heavy atom. The van der Waals surface area contributed by atoms with Gasteiger partial charge in [0.25, 0.3) is 0 Å². The van der Waals surface area contributed by atoms with E-state index in [1.807, 2.05) is 10.7 Å². The highest BCUT2D eigenvalue weighted by Crippen LogP contribution is 2.19. The molecule has 2 rings (SSSR count). The maximum atomic E-state index is 11.1. The summed E-state index contributed by atoms with van der Waals surface area (Å²) >= 11 is 0. The fourth-order valence-corrected chi connectivity index (χ4v) is 1.94. The number of hydrogen-bond donors (Lipinski definition) is 1. The Bertz CT molecular complexity index is 497. The molecule has 0 saturated heterocycles. The van der Waals surface area contributed by atoms with Gasteiger partial charge in [0.05, 0.1) is 0 Å². The van der Waals surface area contributed by atoms with E-state index in [2.05, 4.69) is 5.10 Å². The SMILES string of the molecule is O=C(O)/C=C\C(=O)OCCOc1cc2n(n1)CCCC2. The van der Waals surface area contributed by atoms with Crippen LogP contribution < -0.4 is 4.74 Å². The van der Waals surface area contributed by atoms with Crippen LogP contribution in [0.3, 0.4) is 0 Å². The molecule has 0 atom stereocenters. The minimum Gasteiger partial charge on any atom is -0.478 e. The Kier molecular flexibility index (Phi) is 4.75. The molecule has 0 amide bonds. The van der Waals surface area contributed by atoms with Gasteiger partial charge in [-0.05, 0) is 19.3 Å². The van der Waals surface area contributed by atoms with Crippen molar-refractivity contribution >= 4 is 11.9 Å². The number of carboxylic acids is 1. The number of carbonyl (C=O) groups excluding carboxylic acids is 1. The summed E-state index contributed by atoms with van der Waals surface area (Å²) in [5, 5.41) is 12.6. The Balaban J connectivity index is 1.69. The van der Waals surface area contributed by atoms with Gasteiger partial charge in [0, 0.05) is 30.5 Å². The van der Waals surface area contributed by atoms with E-state index in [0.717, 1.165) is 37.2 Å². The monoisotopic (exact) mass is 280 g/mol. The quantitative estimate of drug-likeness (QED) is 0.470. The Morgan fingerprint density at radius 3 is 2.95 bits per heavy atom. The average molecular weight is 280 g/mol. The van der Waals surface area contributed by atoms with E-state index in [4.69, 9.17) is 14.6 Å². The molecule has 20 heavy (non-hydrogen) atoms. The topological polar surface area (TPSA) is 90.6 Å². The van der Waals surface area contributed by atoms with Gasteiger partial charge in [-0.1, -0.05) is 0 Å². The first-order chi connectivity index (χ1) is 9.65. The summed E-state index contributed by atoms with van der Waals surface area (Å²) in [7, 11) is 0. The van der Waals surface area contributed by atoms with Crippen molar-refractivity contribution in [2.24, 2.45) is 0 Å². The fourth-order valence-electron chi connectivity index (χ4n) is 1.94. The molecular weight excluding hydrogens is 264 g/mol. The third-order valence-corrected chi connectivity index (χ3v) is 2.83. The van der Waals surface area contributed by atoms with E-state index in [-0.39, 0.29) is 13.2 Å². The number of aliphatic carboxylic acids is 1. The minimum atomic E-state index is -1.19. The molecular formula is C13H16N2O5. The molecule has 0 bridgehead atoms. The van der Waals surface area contributed by atoms with Crippen molar-refractivity contribution in [1.82, 2.24) is 9.78 Å². The van der Waals surface area contributed by atoms with Crippen molar-refractivity contribution in [3.05, 3.63) is 23.9 Å². The highest BCUT2D eigenvalue weighted by molar-refractivity contribution is 5.90. The average Bonchev–Trinajstić information content (AvgIpc) is 2.84. The summed E-state index contributed by atoms with van der Waals surface area (Å²) in [6, 6.07) is 1.89. The van der Waals surface area contributed by atoms with Crippen LogP contribution >= 0.6 is 0 Å². The van der Waals surface area contributed by atoms with E-state index in [1.165, 1.54) is 6.42 Å². The van der Waals surface area contributed by atoms with E-state index in [9.17, 15) is 9.59 Å². The number of esters is 1. The van der Waals surface area contributed by atoms with Crippen molar-refractivity contribution < 1.29 is 24.2 Å². The van der Waals surface area contributed by atoms with E-state index in [0.29, 0.717) is 5.88 Å². The van der Waals surface area contributed by atoms with E-state index >= 15 is 0 Å². The molecule has 108 valence electrons. The van der Waals surface area contributed by atoms with Crippen LogP contribution in [0.2, 0.25) is 0 Å². The number of aromatic nitrogens is 2. The van der Waals surface area contributed by atoms with Crippen molar-refractivity contribution in [1.29, 1.82) is 0 Å². The first-order valence-electron chi connectivity index (χ1n) is 6.42. The van der Waals surface area contributed by atoms with Crippen LogP contribution in [0.5, 0.6) is 5.88 Å². The van der Waals surface area contributed by atoms with Crippen molar-refractivity contribution in [2.45, 2.75) is 25.8 Å². The predicted molar refractivity (Wildman–Crippen MR) is 68.4 cm³/mol. The fraction of sp³-hybridized carbons (Fsp3) is 0.462. The summed E-state index contributed by atoms with van der Waals surface area (Å²) in [5.74, 6) is -1.37. The van der Waals surface area contributed by atoms with Crippen molar-refractivity contribution in [3.63, 3.8) is 0 Å². The third kappa shape index (κ3) is 4.11. The first-order valence-corrected chi connectivity index (χ1v) is 6.42. The number of aryl methyl sites for hydroxylation is 2. The van der Waals surface area contributed by atoms with Crippen molar-refractivity contribution in [3.8, 4) is 5.88 Å². The van der Waals surface area contributed by atoms with Crippen LogP contribution in [0.15, 0.2) is 18.2 Å². The van der Waals surface area contributed by atoms with Gasteiger partial charge >= 0.3 is 11.9 Å². The van der Waals surface area contributed by atoms with Gasteiger partial charge in [-0.2, -0.15) is 0 Å². The van der Waals surface area contributed by atoms with Gasteiger partial charge in [-0.25, -0.2) is 9.59 Å². The molecule has 1 aliphatic rings. The lowest BCUT2D eigenvalue weighted by Gasteiger charge is -2.11. The summed E-state index contributed by atoms with van der Waals surface area (Å²) in [4.78, 5) is 21.3. The van der Waals surface area contributed by atoms with Gasteiger partial charge in [0.15, 0.2) is 0 Å². The third-order valence-electron chi connectivity index (χ3n) is 2.83. The molecule has 0 unspecified atom stereocenters. The molecule has 1 aromatic rings. The summed E-state index contributed by atoms with van der Waals surface area (Å²) in [6.45, 7) is 1.14. The molecule has 1 N–H and O–H groups in total. The molecule has 1 aromatic heterocycles.